The minimum Gasteiger partial charge on any atom is -0.463 e. The van der Waals surface area contributed by atoms with E-state index in [9.17, 15) is 9.59 Å². The van der Waals surface area contributed by atoms with Gasteiger partial charge in [-0.15, -0.1) is 0 Å². The first-order valence-corrected chi connectivity index (χ1v) is 7.36. The second kappa shape index (κ2) is 10.5. The Morgan fingerprint density at radius 1 is 0.950 bits per heavy atom. The fourth-order valence-corrected chi connectivity index (χ4v) is 1.80. The van der Waals surface area contributed by atoms with E-state index >= 15 is 0 Å². The van der Waals surface area contributed by atoms with Crippen molar-refractivity contribution in [2.75, 3.05) is 6.61 Å². The second-order valence-corrected chi connectivity index (χ2v) is 5.91. The lowest BCUT2D eigenvalue weighted by molar-refractivity contribution is -0.144. The summed E-state index contributed by atoms with van der Waals surface area (Å²) in [6, 6.07) is 0. The van der Waals surface area contributed by atoms with Crippen molar-refractivity contribution in [2.45, 2.75) is 60.0 Å². The van der Waals surface area contributed by atoms with E-state index in [1.165, 1.54) is 0 Å². The molecule has 0 amide bonds. The minimum atomic E-state index is -0.503. The molecule has 0 rings (SSSR count). The maximum atomic E-state index is 11.4. The number of carbonyl (C=O) groups is 2. The predicted molar refractivity (Wildman–Crippen MR) is 79.2 cm³/mol. The van der Waals surface area contributed by atoms with Crippen molar-refractivity contribution in [1.82, 2.24) is 0 Å². The highest BCUT2D eigenvalue weighted by Gasteiger charge is 2.09. The van der Waals surface area contributed by atoms with Crippen molar-refractivity contribution in [1.29, 1.82) is 0 Å². The third-order valence-electron chi connectivity index (χ3n) is 2.65. The Hall–Kier alpha value is -1.32. The van der Waals surface area contributed by atoms with E-state index in [1.54, 1.807) is 0 Å². The van der Waals surface area contributed by atoms with E-state index in [0.29, 0.717) is 18.4 Å². The normalized spacial score (nSPS) is 12.9. The van der Waals surface area contributed by atoms with Gasteiger partial charge in [-0.2, -0.15) is 0 Å². The molecule has 0 bridgehead atoms. The van der Waals surface area contributed by atoms with Crippen molar-refractivity contribution < 1.29 is 19.1 Å². The molecule has 1 unspecified atom stereocenters. The van der Waals surface area contributed by atoms with Gasteiger partial charge in [0.05, 0.1) is 12.7 Å². The number of ether oxygens (including phenoxy) is 2. The van der Waals surface area contributed by atoms with Gasteiger partial charge in [0.15, 0.2) is 0 Å². The number of esters is 2. The monoisotopic (exact) mass is 284 g/mol. The van der Waals surface area contributed by atoms with Gasteiger partial charge in [0.25, 0.3) is 0 Å². The van der Waals surface area contributed by atoms with Gasteiger partial charge in [-0.3, -0.25) is 0 Å². The van der Waals surface area contributed by atoms with Crippen molar-refractivity contribution in [3.63, 3.8) is 0 Å². The molecular weight excluding hydrogens is 256 g/mol. The Bertz CT molecular complexity index is 318. The number of carbonyl (C=O) groups excluding carboxylic acids is 2. The lowest BCUT2D eigenvalue weighted by Gasteiger charge is -2.13. The number of rotatable bonds is 9. The van der Waals surface area contributed by atoms with Crippen molar-refractivity contribution in [2.24, 2.45) is 11.8 Å². The van der Waals surface area contributed by atoms with Gasteiger partial charge >= 0.3 is 11.9 Å². The third-order valence-corrected chi connectivity index (χ3v) is 2.65. The van der Waals surface area contributed by atoms with Crippen LogP contribution in [-0.2, 0) is 19.1 Å². The van der Waals surface area contributed by atoms with Gasteiger partial charge in [0.2, 0.25) is 0 Å². The Labute approximate surface area is 122 Å². The SMILES string of the molecule is CC(C)CCCOC(=O)/C=C/C(=O)OC(C)CC(C)C. The van der Waals surface area contributed by atoms with Gasteiger partial charge in [-0.1, -0.05) is 27.7 Å². The molecule has 0 aliphatic carbocycles. The summed E-state index contributed by atoms with van der Waals surface area (Å²) in [4.78, 5) is 22.8. The maximum Gasteiger partial charge on any atom is 0.331 e. The molecule has 0 aromatic heterocycles. The molecule has 0 spiro atoms. The highest BCUT2D eigenvalue weighted by atomic mass is 16.5. The Morgan fingerprint density at radius 2 is 1.55 bits per heavy atom. The van der Waals surface area contributed by atoms with E-state index in [0.717, 1.165) is 31.4 Å². The Morgan fingerprint density at radius 3 is 2.10 bits per heavy atom. The lowest BCUT2D eigenvalue weighted by Crippen LogP contribution is -2.15. The zero-order chi connectivity index (χ0) is 15.5. The summed E-state index contributed by atoms with van der Waals surface area (Å²) < 4.78 is 10.1. The van der Waals surface area contributed by atoms with Crippen LogP contribution in [0, 0.1) is 11.8 Å². The first kappa shape index (κ1) is 18.7. The fraction of sp³-hybridized carbons (Fsp3) is 0.750. The zero-order valence-electron chi connectivity index (χ0n) is 13.3. The topological polar surface area (TPSA) is 52.6 Å². The standard InChI is InChI=1S/C16H28O4/c1-12(2)7-6-10-19-15(17)8-9-16(18)20-14(5)11-13(3)4/h8-9,12-14H,6-7,10-11H2,1-5H3/b9-8+. The average molecular weight is 284 g/mol. The van der Waals surface area contributed by atoms with Crippen LogP contribution < -0.4 is 0 Å². The van der Waals surface area contributed by atoms with Crippen LogP contribution in [-0.4, -0.2) is 24.6 Å². The van der Waals surface area contributed by atoms with Crippen LogP contribution in [0.4, 0.5) is 0 Å². The van der Waals surface area contributed by atoms with Crippen LogP contribution in [0.2, 0.25) is 0 Å². The van der Waals surface area contributed by atoms with Crippen LogP contribution in [0.3, 0.4) is 0 Å². The highest BCUT2D eigenvalue weighted by molar-refractivity contribution is 5.91. The summed E-state index contributed by atoms with van der Waals surface area (Å²) in [5, 5.41) is 0. The van der Waals surface area contributed by atoms with Crippen molar-refractivity contribution in [3.05, 3.63) is 12.2 Å². The summed E-state index contributed by atoms with van der Waals surface area (Å²) in [7, 11) is 0. The van der Waals surface area contributed by atoms with Gasteiger partial charge in [0, 0.05) is 12.2 Å². The van der Waals surface area contributed by atoms with Crippen molar-refractivity contribution in [3.8, 4) is 0 Å². The molecule has 0 aliphatic rings. The first-order valence-electron chi connectivity index (χ1n) is 7.36. The molecule has 1 atom stereocenters. The van der Waals surface area contributed by atoms with E-state index in [-0.39, 0.29) is 6.10 Å². The molecule has 20 heavy (non-hydrogen) atoms. The van der Waals surface area contributed by atoms with E-state index in [1.807, 2.05) is 6.92 Å². The van der Waals surface area contributed by atoms with E-state index in [4.69, 9.17) is 9.47 Å². The molecule has 0 aromatic rings. The van der Waals surface area contributed by atoms with Crippen LogP contribution in [0.5, 0.6) is 0 Å². The summed E-state index contributed by atoms with van der Waals surface area (Å²) in [6.45, 7) is 10.6. The van der Waals surface area contributed by atoms with Crippen LogP contribution in [0.15, 0.2) is 12.2 Å². The smallest absolute Gasteiger partial charge is 0.331 e. The molecule has 0 aromatic carbocycles. The zero-order valence-corrected chi connectivity index (χ0v) is 13.3. The summed E-state index contributed by atoms with van der Waals surface area (Å²) in [6.07, 6.45) is 4.77. The molecule has 4 heteroatoms. The lowest BCUT2D eigenvalue weighted by atomic mass is 10.1. The van der Waals surface area contributed by atoms with E-state index in [2.05, 4.69) is 27.7 Å². The second-order valence-electron chi connectivity index (χ2n) is 5.91. The summed E-state index contributed by atoms with van der Waals surface area (Å²) in [5.41, 5.74) is 0. The molecule has 0 saturated carbocycles. The molecule has 0 N–H and O–H groups in total. The molecule has 116 valence electrons. The van der Waals surface area contributed by atoms with Gasteiger partial charge < -0.3 is 9.47 Å². The molecule has 4 nitrogen and oxygen atoms in total. The molecular formula is C16H28O4. The quantitative estimate of drug-likeness (QED) is 0.369. The first-order chi connectivity index (χ1) is 9.31. The third kappa shape index (κ3) is 11.8. The van der Waals surface area contributed by atoms with Crippen LogP contribution in [0.25, 0.3) is 0 Å². The number of hydrogen-bond donors (Lipinski definition) is 0. The molecule has 0 heterocycles. The largest absolute Gasteiger partial charge is 0.463 e. The Kier molecular flexibility index (Phi) is 9.77. The molecule has 0 fully saturated rings. The van der Waals surface area contributed by atoms with Crippen molar-refractivity contribution >= 4 is 11.9 Å². The maximum absolute atomic E-state index is 11.4. The molecule has 0 aliphatic heterocycles. The van der Waals surface area contributed by atoms with Gasteiger partial charge in [-0.25, -0.2) is 9.59 Å². The average Bonchev–Trinajstić information content (AvgIpc) is 2.30. The highest BCUT2D eigenvalue weighted by Crippen LogP contribution is 2.08. The summed E-state index contributed by atoms with van der Waals surface area (Å²) >= 11 is 0. The van der Waals surface area contributed by atoms with Gasteiger partial charge in [0.1, 0.15) is 0 Å². The predicted octanol–water partition coefficient (Wildman–Crippen LogP) is 3.50. The van der Waals surface area contributed by atoms with Gasteiger partial charge in [-0.05, 0) is 38.0 Å². The molecule has 0 saturated heterocycles. The molecule has 0 radical (unpaired) electrons. The van der Waals surface area contributed by atoms with E-state index < -0.39 is 11.9 Å². The minimum absolute atomic E-state index is 0.144. The van der Waals surface area contributed by atoms with Crippen LogP contribution >= 0.6 is 0 Å². The Balaban J connectivity index is 3.85. The van der Waals surface area contributed by atoms with Crippen LogP contribution in [0.1, 0.15) is 53.9 Å². The summed E-state index contributed by atoms with van der Waals surface area (Å²) in [5.74, 6) is 0.0638. The number of hydrogen-bond acceptors (Lipinski definition) is 4. The fourth-order valence-electron chi connectivity index (χ4n) is 1.80.